The summed E-state index contributed by atoms with van der Waals surface area (Å²) in [6.45, 7) is 17.1. The molecule has 246 valence electrons. The molecule has 8 heteroatoms. The van der Waals surface area contributed by atoms with Crippen LogP contribution in [0.25, 0.3) is 0 Å². The fourth-order valence-electron chi connectivity index (χ4n) is 5.47. The predicted molar refractivity (Wildman–Crippen MR) is 188 cm³/mol. The molecular formula is C37H54O6Si2. The van der Waals surface area contributed by atoms with Crippen molar-refractivity contribution < 1.29 is 28.2 Å². The molecule has 0 bridgehead atoms. The Labute approximate surface area is 273 Å². The number of carbonyl (C=O) groups excluding carboxylic acids is 1. The largest absolute Gasteiger partial charge is 0.404 e. The number of hydrogen-bond acceptors (Lipinski definition) is 6. The van der Waals surface area contributed by atoms with Gasteiger partial charge in [0.25, 0.3) is 8.32 Å². The quantitative estimate of drug-likeness (QED) is 0.0733. The minimum Gasteiger partial charge on any atom is -0.404 e. The molecule has 45 heavy (non-hydrogen) atoms. The number of hydrogen-bond donors (Lipinski definition) is 0. The van der Waals surface area contributed by atoms with E-state index in [9.17, 15) is 4.79 Å². The molecule has 2 atom stereocenters. The van der Waals surface area contributed by atoms with Crippen molar-refractivity contribution in [3.8, 4) is 0 Å². The second-order valence-electron chi connectivity index (χ2n) is 14.0. The third-order valence-electron chi connectivity index (χ3n) is 7.77. The van der Waals surface area contributed by atoms with E-state index in [0.29, 0.717) is 26.2 Å². The highest BCUT2D eigenvalue weighted by atomic mass is 28.4. The van der Waals surface area contributed by atoms with Gasteiger partial charge in [0.1, 0.15) is 19.4 Å². The Morgan fingerprint density at radius 3 is 1.80 bits per heavy atom. The van der Waals surface area contributed by atoms with E-state index in [1.54, 1.807) is 6.92 Å². The summed E-state index contributed by atoms with van der Waals surface area (Å²) in [4.78, 5) is 12.7. The summed E-state index contributed by atoms with van der Waals surface area (Å²) in [5.74, 6) is 0.0765. The van der Waals surface area contributed by atoms with Crippen molar-refractivity contribution in [1.29, 1.82) is 0 Å². The first-order valence-corrected chi connectivity index (χ1v) is 21.7. The zero-order valence-corrected chi connectivity index (χ0v) is 30.4. The first kappa shape index (κ1) is 37.0. The molecule has 0 aliphatic carbocycles. The van der Waals surface area contributed by atoms with E-state index < -0.39 is 16.4 Å². The van der Waals surface area contributed by atoms with Gasteiger partial charge in [-0.15, -0.1) is 0 Å². The van der Waals surface area contributed by atoms with Crippen LogP contribution in [0.3, 0.4) is 0 Å². The highest BCUT2D eigenvalue weighted by Gasteiger charge is 2.51. The molecule has 0 N–H and O–H groups in total. The Morgan fingerprint density at radius 2 is 1.29 bits per heavy atom. The minimum absolute atomic E-state index is 0.0765. The molecule has 0 amide bonds. The van der Waals surface area contributed by atoms with Crippen molar-refractivity contribution in [2.75, 3.05) is 26.8 Å². The fraction of sp³-hybridized carbons (Fsp3) is 0.486. The van der Waals surface area contributed by atoms with Crippen LogP contribution in [-0.2, 0) is 34.8 Å². The van der Waals surface area contributed by atoms with Gasteiger partial charge in [-0.05, 0) is 33.9 Å². The van der Waals surface area contributed by atoms with Crippen LogP contribution in [0.4, 0.5) is 0 Å². The van der Waals surface area contributed by atoms with Crippen LogP contribution in [0.15, 0.2) is 91.0 Å². The third kappa shape index (κ3) is 12.4. The fourth-order valence-corrected chi connectivity index (χ4v) is 10.9. The van der Waals surface area contributed by atoms with Gasteiger partial charge in [0, 0.05) is 27.5 Å². The van der Waals surface area contributed by atoms with Gasteiger partial charge >= 0.3 is 0 Å². The maximum Gasteiger partial charge on any atom is 0.261 e. The Balaban J connectivity index is 1.83. The van der Waals surface area contributed by atoms with Crippen molar-refractivity contribution >= 4 is 32.5 Å². The molecule has 0 aliphatic heterocycles. The number of Topliss-reactive ketones (excluding diaryl/α,β-unsaturated/α-hetero) is 1. The zero-order valence-electron chi connectivity index (χ0n) is 28.4. The second kappa shape index (κ2) is 18.0. The smallest absolute Gasteiger partial charge is 0.261 e. The molecule has 6 nitrogen and oxygen atoms in total. The van der Waals surface area contributed by atoms with Crippen molar-refractivity contribution in [3.05, 3.63) is 96.6 Å². The monoisotopic (exact) mass is 650 g/mol. The summed E-state index contributed by atoms with van der Waals surface area (Å²) in [6.07, 6.45) is 0.0172. The van der Waals surface area contributed by atoms with Gasteiger partial charge < -0.3 is 23.4 Å². The highest BCUT2D eigenvalue weighted by Crippen LogP contribution is 2.38. The summed E-state index contributed by atoms with van der Waals surface area (Å²) in [5.41, 5.74) is 1.08. The number of benzene rings is 3. The van der Waals surface area contributed by atoms with Crippen molar-refractivity contribution in [2.24, 2.45) is 0 Å². The van der Waals surface area contributed by atoms with Crippen LogP contribution in [0.5, 0.6) is 0 Å². The van der Waals surface area contributed by atoms with Gasteiger partial charge in [-0.2, -0.15) is 0 Å². The van der Waals surface area contributed by atoms with E-state index in [1.807, 2.05) is 42.5 Å². The van der Waals surface area contributed by atoms with Crippen LogP contribution in [0.2, 0.25) is 30.7 Å². The lowest BCUT2D eigenvalue weighted by Crippen LogP contribution is -2.68. The lowest BCUT2D eigenvalue weighted by molar-refractivity contribution is -0.144. The van der Waals surface area contributed by atoms with Gasteiger partial charge in [0.15, 0.2) is 0 Å². The van der Waals surface area contributed by atoms with Gasteiger partial charge in [0.2, 0.25) is 0 Å². The Hall–Kier alpha value is -2.44. The van der Waals surface area contributed by atoms with E-state index >= 15 is 0 Å². The molecule has 0 fully saturated rings. The Kier molecular flexibility index (Phi) is 14.8. The molecular weight excluding hydrogens is 597 g/mol. The zero-order chi connectivity index (χ0) is 32.8. The van der Waals surface area contributed by atoms with Crippen LogP contribution < -0.4 is 10.4 Å². The van der Waals surface area contributed by atoms with Crippen molar-refractivity contribution in [3.63, 3.8) is 0 Å². The molecule has 0 spiro atoms. The maximum absolute atomic E-state index is 12.7. The van der Waals surface area contributed by atoms with Gasteiger partial charge in [-0.25, -0.2) is 0 Å². The Morgan fingerprint density at radius 1 is 0.733 bits per heavy atom. The molecule has 0 saturated carbocycles. The molecule has 3 aromatic carbocycles. The third-order valence-corrected chi connectivity index (χ3v) is 14.6. The first-order chi connectivity index (χ1) is 21.4. The van der Waals surface area contributed by atoms with E-state index in [-0.39, 0.29) is 43.0 Å². The summed E-state index contributed by atoms with van der Waals surface area (Å²) < 4.78 is 31.3. The van der Waals surface area contributed by atoms with Gasteiger partial charge in [-0.1, -0.05) is 131 Å². The maximum atomic E-state index is 12.7. The van der Waals surface area contributed by atoms with E-state index in [2.05, 4.69) is 88.9 Å². The van der Waals surface area contributed by atoms with Crippen LogP contribution in [-0.4, -0.2) is 61.2 Å². The molecule has 0 radical (unpaired) electrons. The second-order valence-corrected chi connectivity index (χ2v) is 23.9. The van der Waals surface area contributed by atoms with Crippen molar-refractivity contribution in [2.45, 2.75) is 90.1 Å². The predicted octanol–water partition coefficient (Wildman–Crippen LogP) is 7.19. The van der Waals surface area contributed by atoms with Crippen LogP contribution in [0.1, 0.15) is 46.1 Å². The summed E-state index contributed by atoms with van der Waals surface area (Å²) >= 11 is 0. The van der Waals surface area contributed by atoms with E-state index in [1.165, 1.54) is 10.4 Å². The summed E-state index contributed by atoms with van der Waals surface area (Å²) in [7, 11) is -4.08. The number of ketones is 1. The molecule has 3 rings (SSSR count). The lowest BCUT2D eigenvalue weighted by atomic mass is 10.1. The summed E-state index contributed by atoms with van der Waals surface area (Å²) in [5, 5.41) is 2.13. The highest BCUT2D eigenvalue weighted by molar-refractivity contribution is 6.99. The molecule has 0 aliphatic rings. The molecule has 0 aromatic heterocycles. The number of ether oxygens (including phenoxy) is 4. The van der Waals surface area contributed by atoms with Crippen LogP contribution >= 0.6 is 0 Å². The van der Waals surface area contributed by atoms with E-state index in [4.69, 9.17) is 23.4 Å². The topological polar surface area (TPSA) is 63.2 Å². The average Bonchev–Trinajstić information content (AvgIpc) is 2.99. The SMILES string of the molecule is CC(=O)C[C@H](C[C@H](COCOCC[Si](C)(C)C)OCOCc1ccccc1)O[Si](c1ccccc1)(c1ccccc1)C(C)(C)C. The lowest BCUT2D eigenvalue weighted by Gasteiger charge is -2.45. The number of rotatable bonds is 20. The standard InChI is InChI=1S/C37H54O6Si2/c1-31(38)25-33(43-45(37(2,3)4,35-19-13-9-14-20-35)36-21-15-10-16-22-36)26-34(28-41-29-39-23-24-44(5,6)7)42-30-40-27-32-17-11-8-12-18-32/h8-22,33-34H,23-30H2,1-7H3/t33-,34-/m1/s1. The normalized spacial score (nSPS) is 13.8. The van der Waals surface area contributed by atoms with E-state index in [0.717, 1.165) is 11.6 Å². The van der Waals surface area contributed by atoms with Gasteiger partial charge in [0.05, 0.1) is 25.4 Å². The molecule has 0 heterocycles. The van der Waals surface area contributed by atoms with Crippen molar-refractivity contribution in [1.82, 2.24) is 0 Å². The van der Waals surface area contributed by atoms with Crippen LogP contribution in [0, 0.1) is 0 Å². The summed E-state index contributed by atoms with van der Waals surface area (Å²) in [6, 6.07) is 32.1. The Bertz CT molecular complexity index is 1200. The molecule has 0 unspecified atom stereocenters. The molecule has 0 saturated heterocycles. The molecule has 3 aromatic rings. The average molecular weight is 651 g/mol. The number of carbonyl (C=O) groups is 1. The first-order valence-electron chi connectivity index (χ1n) is 16.1. The minimum atomic E-state index is -2.90. The van der Waals surface area contributed by atoms with Gasteiger partial charge in [-0.3, -0.25) is 4.79 Å².